The van der Waals surface area contributed by atoms with Crippen molar-refractivity contribution in [2.24, 2.45) is 0 Å². The molecule has 1 saturated heterocycles. The molecule has 7 nitrogen and oxygen atoms in total. The predicted molar refractivity (Wildman–Crippen MR) is 135 cm³/mol. The van der Waals surface area contributed by atoms with Gasteiger partial charge in [0.15, 0.2) is 0 Å². The van der Waals surface area contributed by atoms with Crippen LogP contribution in [0.15, 0.2) is 60.7 Å². The van der Waals surface area contributed by atoms with Gasteiger partial charge in [0, 0.05) is 50.5 Å². The minimum absolute atomic E-state index is 0.0958. The lowest BCUT2D eigenvalue weighted by Gasteiger charge is -2.33. The Balaban J connectivity index is 1.35. The summed E-state index contributed by atoms with van der Waals surface area (Å²) in [5, 5.41) is 17.3. The second-order valence-corrected chi connectivity index (χ2v) is 8.74. The lowest BCUT2D eigenvalue weighted by molar-refractivity contribution is -0.117. The van der Waals surface area contributed by atoms with Crippen LogP contribution < -0.4 is 10.6 Å². The number of hydrogen-bond donors (Lipinski definition) is 3. The van der Waals surface area contributed by atoms with Crippen molar-refractivity contribution in [3.05, 3.63) is 77.4 Å². The highest BCUT2D eigenvalue weighted by atomic mass is 16.3. The molecule has 3 aromatic carbocycles. The standard InChI is InChI=1S/C27H32N4O3/c1-20-9-10-23(29-26(33)19-31-13-11-30(12-14-31)15-16-32)17-25(20)27(34)28-18-22-7-4-6-21-5-2-3-8-24(21)22/h2-10,17,32H,11-16,18-19H2,1H3,(H,28,34)(H,29,33). The summed E-state index contributed by atoms with van der Waals surface area (Å²) in [5.41, 5.74) is 3.08. The van der Waals surface area contributed by atoms with E-state index in [0.29, 0.717) is 30.9 Å². The normalized spacial score (nSPS) is 14.8. The van der Waals surface area contributed by atoms with E-state index in [-0.39, 0.29) is 18.4 Å². The summed E-state index contributed by atoms with van der Waals surface area (Å²) in [6, 6.07) is 19.6. The number of aliphatic hydroxyl groups is 1. The van der Waals surface area contributed by atoms with Crippen molar-refractivity contribution < 1.29 is 14.7 Å². The quantitative estimate of drug-likeness (QED) is 0.481. The van der Waals surface area contributed by atoms with Crippen LogP contribution in [-0.4, -0.2) is 72.6 Å². The van der Waals surface area contributed by atoms with Gasteiger partial charge in [-0.3, -0.25) is 19.4 Å². The number of aliphatic hydroxyl groups excluding tert-OH is 1. The first-order valence-electron chi connectivity index (χ1n) is 11.7. The zero-order valence-electron chi connectivity index (χ0n) is 19.6. The van der Waals surface area contributed by atoms with Crippen molar-refractivity contribution in [1.82, 2.24) is 15.1 Å². The molecular formula is C27H32N4O3. The van der Waals surface area contributed by atoms with Gasteiger partial charge in [-0.15, -0.1) is 0 Å². The monoisotopic (exact) mass is 460 g/mol. The molecule has 7 heteroatoms. The van der Waals surface area contributed by atoms with Crippen LogP contribution in [0.2, 0.25) is 0 Å². The lowest BCUT2D eigenvalue weighted by atomic mass is 10.0. The number of carbonyl (C=O) groups is 2. The minimum atomic E-state index is -0.165. The topological polar surface area (TPSA) is 84.9 Å². The molecule has 0 spiro atoms. The first-order chi connectivity index (χ1) is 16.5. The van der Waals surface area contributed by atoms with E-state index in [2.05, 4.69) is 38.6 Å². The average molecular weight is 461 g/mol. The van der Waals surface area contributed by atoms with Gasteiger partial charge in [0.1, 0.15) is 0 Å². The van der Waals surface area contributed by atoms with E-state index in [4.69, 9.17) is 5.11 Å². The molecule has 34 heavy (non-hydrogen) atoms. The summed E-state index contributed by atoms with van der Waals surface area (Å²) in [6.45, 7) is 6.75. The second-order valence-electron chi connectivity index (χ2n) is 8.74. The van der Waals surface area contributed by atoms with Gasteiger partial charge < -0.3 is 15.7 Å². The predicted octanol–water partition coefficient (Wildman–Crippen LogP) is 2.63. The van der Waals surface area contributed by atoms with Crippen LogP contribution in [0.3, 0.4) is 0 Å². The third kappa shape index (κ3) is 5.99. The van der Waals surface area contributed by atoms with Gasteiger partial charge in [0.25, 0.3) is 5.91 Å². The van der Waals surface area contributed by atoms with Gasteiger partial charge in [0.05, 0.1) is 13.2 Å². The van der Waals surface area contributed by atoms with Crippen molar-refractivity contribution >= 4 is 28.3 Å². The van der Waals surface area contributed by atoms with Crippen molar-refractivity contribution in [3.8, 4) is 0 Å². The maximum Gasteiger partial charge on any atom is 0.251 e. The molecule has 4 rings (SSSR count). The fourth-order valence-electron chi connectivity index (χ4n) is 4.38. The molecule has 0 aromatic heterocycles. The number of β-amino-alcohol motifs (C(OH)–C–C–N with tert-alkyl or cyclic N) is 1. The molecule has 178 valence electrons. The zero-order chi connectivity index (χ0) is 23.9. The van der Waals surface area contributed by atoms with Crippen LogP contribution in [0, 0.1) is 6.92 Å². The summed E-state index contributed by atoms with van der Waals surface area (Å²) in [6.07, 6.45) is 0. The Morgan fingerprint density at radius 3 is 2.47 bits per heavy atom. The number of nitrogens with one attached hydrogen (secondary N) is 2. The molecule has 0 radical (unpaired) electrons. The number of aryl methyl sites for hydroxylation is 1. The number of fused-ring (bicyclic) bond motifs is 1. The van der Waals surface area contributed by atoms with E-state index in [9.17, 15) is 9.59 Å². The number of amides is 2. The van der Waals surface area contributed by atoms with Crippen molar-refractivity contribution in [3.63, 3.8) is 0 Å². The maximum atomic E-state index is 13.0. The molecular weight excluding hydrogens is 428 g/mol. The first-order valence-corrected chi connectivity index (χ1v) is 11.7. The number of anilines is 1. The molecule has 1 heterocycles. The third-order valence-electron chi connectivity index (χ3n) is 6.33. The lowest BCUT2D eigenvalue weighted by Crippen LogP contribution is -2.49. The van der Waals surface area contributed by atoms with E-state index in [1.807, 2.05) is 43.3 Å². The van der Waals surface area contributed by atoms with Gasteiger partial charge in [-0.1, -0.05) is 48.5 Å². The van der Waals surface area contributed by atoms with Gasteiger partial charge in [0.2, 0.25) is 5.91 Å². The van der Waals surface area contributed by atoms with Crippen molar-refractivity contribution in [2.75, 3.05) is 51.2 Å². The van der Waals surface area contributed by atoms with Crippen molar-refractivity contribution in [1.29, 1.82) is 0 Å². The second kappa shape index (κ2) is 11.2. The number of hydrogen-bond acceptors (Lipinski definition) is 5. The Morgan fingerprint density at radius 1 is 0.941 bits per heavy atom. The Morgan fingerprint density at radius 2 is 1.68 bits per heavy atom. The highest BCUT2D eigenvalue weighted by Crippen LogP contribution is 2.19. The summed E-state index contributed by atoms with van der Waals surface area (Å²) < 4.78 is 0. The molecule has 3 aromatic rings. The van der Waals surface area contributed by atoms with Gasteiger partial charge in [-0.2, -0.15) is 0 Å². The largest absolute Gasteiger partial charge is 0.395 e. The smallest absolute Gasteiger partial charge is 0.251 e. The van der Waals surface area contributed by atoms with Crippen molar-refractivity contribution in [2.45, 2.75) is 13.5 Å². The van der Waals surface area contributed by atoms with E-state index in [1.165, 1.54) is 0 Å². The molecule has 0 saturated carbocycles. The van der Waals surface area contributed by atoms with Gasteiger partial charge in [-0.25, -0.2) is 0 Å². The molecule has 2 amide bonds. The van der Waals surface area contributed by atoms with E-state index in [0.717, 1.165) is 48.1 Å². The number of rotatable bonds is 8. The highest BCUT2D eigenvalue weighted by molar-refractivity contribution is 5.99. The van der Waals surface area contributed by atoms with E-state index in [1.54, 1.807) is 6.07 Å². The molecule has 0 atom stereocenters. The van der Waals surface area contributed by atoms with Crippen LogP contribution in [0.4, 0.5) is 5.69 Å². The summed E-state index contributed by atoms with van der Waals surface area (Å²) >= 11 is 0. The fourth-order valence-corrected chi connectivity index (χ4v) is 4.38. The number of piperazine rings is 1. The van der Waals surface area contributed by atoms with Gasteiger partial charge in [-0.05, 0) is 41.0 Å². The number of carbonyl (C=O) groups excluding carboxylic acids is 2. The highest BCUT2D eigenvalue weighted by Gasteiger charge is 2.19. The maximum absolute atomic E-state index is 13.0. The van der Waals surface area contributed by atoms with Crippen LogP contribution in [-0.2, 0) is 11.3 Å². The molecule has 1 fully saturated rings. The Bertz CT molecular complexity index is 1150. The minimum Gasteiger partial charge on any atom is -0.395 e. The zero-order valence-corrected chi connectivity index (χ0v) is 19.6. The van der Waals surface area contributed by atoms with Gasteiger partial charge >= 0.3 is 0 Å². The summed E-state index contributed by atoms with van der Waals surface area (Å²) in [5.74, 6) is -0.261. The van der Waals surface area contributed by atoms with Crippen LogP contribution in [0.25, 0.3) is 10.8 Å². The Hall–Kier alpha value is -3.26. The molecule has 3 N–H and O–H groups in total. The average Bonchev–Trinajstić information content (AvgIpc) is 2.85. The molecule has 0 unspecified atom stereocenters. The number of nitrogens with zero attached hydrogens (tertiary/aromatic N) is 2. The Labute approximate surface area is 200 Å². The summed E-state index contributed by atoms with van der Waals surface area (Å²) in [4.78, 5) is 29.8. The molecule has 0 bridgehead atoms. The molecule has 1 aliphatic rings. The first kappa shape index (κ1) is 23.9. The molecule has 0 aliphatic carbocycles. The fraction of sp³-hybridized carbons (Fsp3) is 0.333. The van der Waals surface area contributed by atoms with E-state index >= 15 is 0 Å². The molecule has 1 aliphatic heterocycles. The number of benzene rings is 3. The van der Waals surface area contributed by atoms with E-state index < -0.39 is 0 Å². The third-order valence-corrected chi connectivity index (χ3v) is 6.33. The van der Waals surface area contributed by atoms with Crippen LogP contribution >= 0.6 is 0 Å². The van der Waals surface area contributed by atoms with Crippen LogP contribution in [0.1, 0.15) is 21.5 Å². The van der Waals surface area contributed by atoms with Crippen LogP contribution in [0.5, 0.6) is 0 Å². The summed E-state index contributed by atoms with van der Waals surface area (Å²) in [7, 11) is 0. The SMILES string of the molecule is Cc1ccc(NC(=O)CN2CCN(CCO)CC2)cc1C(=O)NCc1cccc2ccccc12. The Kier molecular flexibility index (Phi) is 7.90.